The van der Waals surface area contributed by atoms with E-state index in [-0.39, 0.29) is 0 Å². The van der Waals surface area contributed by atoms with E-state index < -0.39 is 0 Å². The summed E-state index contributed by atoms with van der Waals surface area (Å²) in [6, 6.07) is 2.35. The zero-order chi connectivity index (χ0) is 11.6. The van der Waals surface area contributed by atoms with Gasteiger partial charge in [0.05, 0.1) is 6.07 Å². The maximum atomic E-state index is 8.81. The van der Waals surface area contributed by atoms with Crippen LogP contribution in [0.25, 0.3) is 0 Å². The van der Waals surface area contributed by atoms with Gasteiger partial charge >= 0.3 is 0 Å². The van der Waals surface area contributed by atoms with Gasteiger partial charge in [0.1, 0.15) is 0 Å². The van der Waals surface area contributed by atoms with E-state index >= 15 is 0 Å². The van der Waals surface area contributed by atoms with Gasteiger partial charge in [0.25, 0.3) is 0 Å². The fourth-order valence-corrected chi connectivity index (χ4v) is 6.17. The average molecular weight is 227 g/mol. The SMILES string of the molecule is CC1C(CCC#N)C2CC1C1C3C=CC(C3)C21. The summed E-state index contributed by atoms with van der Waals surface area (Å²) in [5.74, 6) is 7.60. The van der Waals surface area contributed by atoms with Gasteiger partial charge in [-0.25, -0.2) is 0 Å². The summed E-state index contributed by atoms with van der Waals surface area (Å²) < 4.78 is 0. The highest BCUT2D eigenvalue weighted by molar-refractivity contribution is 5.21. The Morgan fingerprint density at radius 3 is 2.53 bits per heavy atom. The Bertz CT molecular complexity index is 404. The maximum Gasteiger partial charge on any atom is 0.0621 e. The van der Waals surface area contributed by atoms with Crippen molar-refractivity contribution in [3.63, 3.8) is 0 Å². The zero-order valence-electron chi connectivity index (χ0n) is 10.5. The molecule has 0 aromatic heterocycles. The van der Waals surface area contributed by atoms with Gasteiger partial charge in [-0.2, -0.15) is 5.26 Å². The largest absolute Gasteiger partial charge is 0.198 e. The fourth-order valence-electron chi connectivity index (χ4n) is 6.17. The Balaban J connectivity index is 1.61. The highest BCUT2D eigenvalue weighted by Crippen LogP contribution is 2.69. The molecule has 8 unspecified atom stereocenters. The molecule has 4 bridgehead atoms. The lowest BCUT2D eigenvalue weighted by atomic mass is 9.64. The lowest BCUT2D eigenvalue weighted by Crippen LogP contribution is -2.35. The van der Waals surface area contributed by atoms with Crippen molar-refractivity contribution in [1.82, 2.24) is 0 Å². The molecule has 0 N–H and O–H groups in total. The molecule has 17 heavy (non-hydrogen) atoms. The maximum absolute atomic E-state index is 8.81. The third kappa shape index (κ3) is 1.15. The standard InChI is InChI=1S/C16H21N/c1-9-12(3-2-6-17)14-8-13(9)15-10-4-5-11(7-10)16(14)15/h4-5,9-16H,2-3,7-8H2,1H3. The lowest BCUT2D eigenvalue weighted by molar-refractivity contribution is 0.0931. The van der Waals surface area contributed by atoms with Gasteiger partial charge in [-0.15, -0.1) is 0 Å². The summed E-state index contributed by atoms with van der Waals surface area (Å²) in [5.41, 5.74) is 0. The number of rotatable bonds is 2. The minimum atomic E-state index is 0.777. The van der Waals surface area contributed by atoms with Crippen LogP contribution in [0, 0.1) is 58.7 Å². The van der Waals surface area contributed by atoms with Crippen LogP contribution in [0.15, 0.2) is 12.2 Å². The van der Waals surface area contributed by atoms with Crippen LogP contribution in [-0.2, 0) is 0 Å². The van der Waals surface area contributed by atoms with Gasteiger partial charge in [-0.3, -0.25) is 0 Å². The summed E-state index contributed by atoms with van der Waals surface area (Å²) in [6.45, 7) is 2.47. The van der Waals surface area contributed by atoms with Crippen molar-refractivity contribution in [2.75, 3.05) is 0 Å². The number of hydrogen-bond acceptors (Lipinski definition) is 1. The van der Waals surface area contributed by atoms with E-state index in [2.05, 4.69) is 25.1 Å². The first-order valence-corrected chi connectivity index (χ1v) is 7.36. The van der Waals surface area contributed by atoms with Crippen LogP contribution in [0.5, 0.6) is 0 Å². The van der Waals surface area contributed by atoms with E-state index in [1.165, 1.54) is 19.3 Å². The van der Waals surface area contributed by atoms with Gasteiger partial charge in [-0.05, 0) is 66.6 Å². The Morgan fingerprint density at radius 2 is 1.82 bits per heavy atom. The fraction of sp³-hybridized carbons (Fsp3) is 0.812. The Morgan fingerprint density at radius 1 is 1.12 bits per heavy atom. The molecule has 0 saturated heterocycles. The first kappa shape index (κ1) is 10.2. The number of allylic oxidation sites excluding steroid dienone is 2. The van der Waals surface area contributed by atoms with E-state index in [9.17, 15) is 0 Å². The smallest absolute Gasteiger partial charge is 0.0621 e. The molecule has 1 nitrogen and oxygen atoms in total. The third-order valence-corrected chi connectivity index (χ3v) is 6.61. The Labute approximate surface area is 104 Å². The summed E-state index contributed by atoms with van der Waals surface area (Å²) in [4.78, 5) is 0. The van der Waals surface area contributed by atoms with Crippen LogP contribution in [0.3, 0.4) is 0 Å². The molecule has 0 aromatic carbocycles. The normalized spacial score (nSPS) is 57.4. The van der Waals surface area contributed by atoms with Crippen molar-refractivity contribution in [1.29, 1.82) is 5.26 Å². The molecular weight excluding hydrogens is 206 g/mol. The minimum absolute atomic E-state index is 0.777. The Hall–Kier alpha value is -0.770. The number of fused-ring (bicyclic) bond motifs is 9. The second-order valence-electron chi connectivity index (χ2n) is 6.89. The van der Waals surface area contributed by atoms with Gasteiger partial charge in [-0.1, -0.05) is 19.1 Å². The van der Waals surface area contributed by atoms with Gasteiger partial charge in [0, 0.05) is 6.42 Å². The molecule has 8 atom stereocenters. The van der Waals surface area contributed by atoms with Crippen molar-refractivity contribution in [2.45, 2.75) is 32.6 Å². The second-order valence-corrected chi connectivity index (χ2v) is 6.89. The van der Waals surface area contributed by atoms with Gasteiger partial charge in [0.2, 0.25) is 0 Å². The van der Waals surface area contributed by atoms with E-state index in [1.54, 1.807) is 0 Å². The molecule has 3 fully saturated rings. The number of nitriles is 1. The van der Waals surface area contributed by atoms with Crippen molar-refractivity contribution in [3.8, 4) is 6.07 Å². The van der Waals surface area contributed by atoms with Crippen LogP contribution >= 0.6 is 0 Å². The monoisotopic (exact) mass is 227 g/mol. The zero-order valence-corrected chi connectivity index (χ0v) is 10.5. The molecule has 0 aliphatic heterocycles. The quantitative estimate of drug-likeness (QED) is 0.522. The van der Waals surface area contributed by atoms with E-state index in [4.69, 9.17) is 5.26 Å². The van der Waals surface area contributed by atoms with Crippen LogP contribution in [0.1, 0.15) is 32.6 Å². The molecule has 3 saturated carbocycles. The molecule has 1 heteroatoms. The average Bonchev–Trinajstić information content (AvgIpc) is 3.04. The molecule has 4 aliphatic rings. The molecule has 4 aliphatic carbocycles. The minimum Gasteiger partial charge on any atom is -0.198 e. The summed E-state index contributed by atoms with van der Waals surface area (Å²) in [5, 5.41) is 8.81. The molecular formula is C16H21N. The molecule has 0 radical (unpaired) electrons. The van der Waals surface area contributed by atoms with Crippen molar-refractivity contribution >= 4 is 0 Å². The van der Waals surface area contributed by atoms with Crippen LogP contribution in [0.2, 0.25) is 0 Å². The second kappa shape index (κ2) is 3.37. The highest BCUT2D eigenvalue weighted by Gasteiger charge is 2.62. The van der Waals surface area contributed by atoms with Crippen LogP contribution < -0.4 is 0 Å². The van der Waals surface area contributed by atoms with Crippen molar-refractivity contribution in [2.24, 2.45) is 47.3 Å². The van der Waals surface area contributed by atoms with Gasteiger partial charge in [0.15, 0.2) is 0 Å². The van der Waals surface area contributed by atoms with E-state index in [0.29, 0.717) is 0 Å². The highest BCUT2D eigenvalue weighted by atomic mass is 14.7. The molecule has 0 amide bonds. The van der Waals surface area contributed by atoms with Crippen molar-refractivity contribution < 1.29 is 0 Å². The van der Waals surface area contributed by atoms with Crippen LogP contribution in [-0.4, -0.2) is 0 Å². The molecule has 0 heterocycles. The van der Waals surface area contributed by atoms with Crippen LogP contribution in [0.4, 0.5) is 0 Å². The predicted molar refractivity (Wildman–Crippen MR) is 66.8 cm³/mol. The van der Waals surface area contributed by atoms with Crippen molar-refractivity contribution in [3.05, 3.63) is 12.2 Å². The van der Waals surface area contributed by atoms with Gasteiger partial charge < -0.3 is 0 Å². The molecule has 90 valence electrons. The molecule has 4 rings (SSSR count). The topological polar surface area (TPSA) is 23.8 Å². The predicted octanol–water partition coefficient (Wildman–Crippen LogP) is 3.63. The number of nitrogens with zero attached hydrogens (tertiary/aromatic N) is 1. The lowest BCUT2D eigenvalue weighted by Gasteiger charge is -2.40. The van der Waals surface area contributed by atoms with E-state index in [0.717, 1.165) is 53.8 Å². The first-order chi connectivity index (χ1) is 8.31. The Kier molecular flexibility index (Phi) is 2.02. The third-order valence-electron chi connectivity index (χ3n) is 6.61. The molecule has 0 spiro atoms. The first-order valence-electron chi connectivity index (χ1n) is 7.36. The number of hydrogen-bond donors (Lipinski definition) is 0. The molecule has 0 aromatic rings. The summed E-state index contributed by atoms with van der Waals surface area (Å²) >= 11 is 0. The summed E-state index contributed by atoms with van der Waals surface area (Å²) in [7, 11) is 0. The summed E-state index contributed by atoms with van der Waals surface area (Å²) in [6.07, 6.45) is 9.92. The van der Waals surface area contributed by atoms with E-state index in [1.807, 2.05) is 0 Å².